The van der Waals surface area contributed by atoms with Gasteiger partial charge in [-0.1, -0.05) is 12.1 Å². The van der Waals surface area contributed by atoms with Crippen LogP contribution >= 0.6 is 0 Å². The lowest BCUT2D eigenvalue weighted by atomic mass is 10.1. The molecule has 0 radical (unpaired) electrons. The number of nitrogens with zero attached hydrogens (tertiary/aromatic N) is 2. The van der Waals surface area contributed by atoms with E-state index in [-0.39, 0.29) is 24.3 Å². The first-order valence-corrected chi connectivity index (χ1v) is 8.90. The Morgan fingerprint density at radius 3 is 2.70 bits per heavy atom. The van der Waals surface area contributed by atoms with Crippen LogP contribution in [0.1, 0.15) is 32.1 Å². The van der Waals surface area contributed by atoms with Gasteiger partial charge in [0.15, 0.2) is 18.1 Å². The predicted molar refractivity (Wildman–Crippen MR) is 103 cm³/mol. The van der Waals surface area contributed by atoms with Crippen LogP contribution in [0.4, 0.5) is 4.39 Å². The molecule has 0 saturated carbocycles. The van der Waals surface area contributed by atoms with E-state index in [1.54, 1.807) is 18.6 Å². The standard InChI is InChI=1S/C20H18FN5O4/c1-26(11-14-10-22-6-7-23-14)20(30)16-8-15(17(27)19(29)25-16)18(28)24-9-12-2-4-13(21)5-3-12/h2-8,10,27H,9,11H2,1H3,(H,24,28)(H,25,29)/p+1. The maximum atomic E-state index is 13.0. The van der Waals surface area contributed by atoms with Gasteiger partial charge in [-0.2, -0.15) is 0 Å². The summed E-state index contributed by atoms with van der Waals surface area (Å²) >= 11 is 0. The van der Waals surface area contributed by atoms with Gasteiger partial charge in [0.1, 0.15) is 17.2 Å². The summed E-state index contributed by atoms with van der Waals surface area (Å²) in [7, 11) is 1.51. The number of pyridine rings is 1. The average Bonchev–Trinajstić information content (AvgIpc) is 2.75. The Hall–Kier alpha value is -4.08. The summed E-state index contributed by atoms with van der Waals surface area (Å²) in [5.41, 5.74) is -0.257. The molecule has 0 saturated heterocycles. The van der Waals surface area contributed by atoms with Gasteiger partial charge in [-0.25, -0.2) is 14.4 Å². The van der Waals surface area contributed by atoms with E-state index in [0.717, 1.165) is 6.07 Å². The third-order valence-electron chi connectivity index (χ3n) is 4.26. The Morgan fingerprint density at radius 2 is 2.03 bits per heavy atom. The fourth-order valence-corrected chi connectivity index (χ4v) is 2.69. The highest BCUT2D eigenvalue weighted by Crippen LogP contribution is 2.14. The molecule has 4 N–H and O–H groups in total. The minimum Gasteiger partial charge on any atom is -0.502 e. The number of hydrogen-bond donors (Lipinski definition) is 3. The van der Waals surface area contributed by atoms with Crippen molar-refractivity contribution in [1.29, 1.82) is 0 Å². The lowest BCUT2D eigenvalue weighted by Gasteiger charge is -2.16. The van der Waals surface area contributed by atoms with Crippen LogP contribution in [0.25, 0.3) is 0 Å². The topological polar surface area (TPSA) is 130 Å². The SMILES string of the molecule is CN(Cc1c[nH+]ccn1)C(=O)c1cc(C(=O)NCc2ccc(F)cc2)c(O)c(=O)[nH]1. The summed E-state index contributed by atoms with van der Waals surface area (Å²) < 4.78 is 13.0. The third kappa shape index (κ3) is 4.85. The second-order valence-electron chi connectivity index (χ2n) is 6.49. The maximum absolute atomic E-state index is 13.0. The highest BCUT2D eigenvalue weighted by atomic mass is 19.1. The Bertz CT molecular complexity index is 1120. The molecule has 10 heteroatoms. The van der Waals surface area contributed by atoms with E-state index in [2.05, 4.69) is 20.3 Å². The summed E-state index contributed by atoms with van der Waals surface area (Å²) in [6, 6.07) is 6.59. The predicted octanol–water partition coefficient (Wildman–Crippen LogP) is 0.631. The number of amides is 2. The molecule has 0 aliphatic heterocycles. The molecule has 0 bridgehead atoms. The average molecular weight is 412 g/mol. The van der Waals surface area contributed by atoms with Gasteiger partial charge in [0.25, 0.3) is 17.4 Å². The molecule has 0 aliphatic carbocycles. The van der Waals surface area contributed by atoms with Crippen LogP contribution in [0, 0.1) is 5.82 Å². The molecule has 2 heterocycles. The molecule has 0 aliphatic rings. The zero-order valence-electron chi connectivity index (χ0n) is 16.0. The Kier molecular flexibility index (Phi) is 6.16. The number of rotatable bonds is 6. The van der Waals surface area contributed by atoms with Crippen molar-refractivity contribution in [3.8, 4) is 5.75 Å². The first-order chi connectivity index (χ1) is 14.3. The minimum absolute atomic E-state index is 0.0463. The lowest BCUT2D eigenvalue weighted by molar-refractivity contribution is -0.379. The van der Waals surface area contributed by atoms with E-state index in [9.17, 15) is 23.9 Å². The number of carbonyl (C=O) groups excluding carboxylic acids is 2. The largest absolute Gasteiger partial charge is 0.502 e. The van der Waals surface area contributed by atoms with Crippen molar-refractivity contribution in [2.24, 2.45) is 0 Å². The molecule has 30 heavy (non-hydrogen) atoms. The number of aromatic amines is 2. The summed E-state index contributed by atoms with van der Waals surface area (Å²) in [5.74, 6) is -2.53. The summed E-state index contributed by atoms with van der Waals surface area (Å²) in [4.78, 5) is 47.7. The molecule has 0 atom stereocenters. The van der Waals surface area contributed by atoms with Crippen molar-refractivity contribution in [2.75, 3.05) is 7.05 Å². The van der Waals surface area contributed by atoms with Crippen LogP contribution in [0.5, 0.6) is 5.75 Å². The van der Waals surface area contributed by atoms with E-state index in [1.165, 1.54) is 36.2 Å². The van der Waals surface area contributed by atoms with Crippen LogP contribution < -0.4 is 15.9 Å². The lowest BCUT2D eigenvalue weighted by Crippen LogP contribution is -2.31. The van der Waals surface area contributed by atoms with Gasteiger partial charge in [-0.05, 0) is 23.8 Å². The Morgan fingerprint density at radius 1 is 1.30 bits per heavy atom. The van der Waals surface area contributed by atoms with Crippen LogP contribution in [-0.2, 0) is 13.1 Å². The van der Waals surface area contributed by atoms with Crippen LogP contribution in [0.15, 0.2) is 53.7 Å². The van der Waals surface area contributed by atoms with Gasteiger partial charge in [0.05, 0.1) is 18.3 Å². The quantitative estimate of drug-likeness (QED) is 0.547. The summed E-state index contributed by atoms with van der Waals surface area (Å²) in [5, 5.41) is 12.5. The number of aromatic hydroxyl groups is 1. The van der Waals surface area contributed by atoms with Gasteiger partial charge in [-0.15, -0.1) is 0 Å². The zero-order chi connectivity index (χ0) is 21.7. The molecule has 2 amide bonds. The molecule has 154 valence electrons. The van der Waals surface area contributed by atoms with Gasteiger partial charge in [0, 0.05) is 13.6 Å². The van der Waals surface area contributed by atoms with Crippen molar-refractivity contribution in [3.05, 3.63) is 87.6 Å². The third-order valence-corrected chi connectivity index (χ3v) is 4.26. The number of nitrogens with one attached hydrogen (secondary N) is 3. The smallest absolute Gasteiger partial charge is 0.291 e. The van der Waals surface area contributed by atoms with E-state index in [1.807, 2.05) is 0 Å². The summed E-state index contributed by atoms with van der Waals surface area (Å²) in [6.07, 6.45) is 4.79. The van der Waals surface area contributed by atoms with Gasteiger partial charge < -0.3 is 20.3 Å². The fourth-order valence-electron chi connectivity index (χ4n) is 2.69. The molecule has 0 fully saturated rings. The molecule has 3 aromatic rings. The number of benzene rings is 1. The number of hydrogen-bond acceptors (Lipinski definition) is 5. The second kappa shape index (κ2) is 8.95. The first-order valence-electron chi connectivity index (χ1n) is 8.90. The monoisotopic (exact) mass is 412 g/mol. The molecule has 2 aromatic heterocycles. The highest BCUT2D eigenvalue weighted by Gasteiger charge is 2.21. The van der Waals surface area contributed by atoms with Crippen LogP contribution in [0.3, 0.4) is 0 Å². The van der Waals surface area contributed by atoms with Crippen LogP contribution in [-0.4, -0.2) is 38.8 Å². The van der Waals surface area contributed by atoms with Crippen molar-refractivity contribution < 1.29 is 24.1 Å². The van der Waals surface area contributed by atoms with Gasteiger partial charge in [0.2, 0.25) is 0 Å². The molecule has 3 rings (SSSR count). The number of halogens is 1. The first kappa shape index (κ1) is 20.6. The number of aromatic nitrogens is 3. The second-order valence-corrected chi connectivity index (χ2v) is 6.49. The van der Waals surface area contributed by atoms with Crippen molar-refractivity contribution >= 4 is 11.8 Å². The maximum Gasteiger partial charge on any atom is 0.291 e. The van der Waals surface area contributed by atoms with Crippen molar-refractivity contribution in [2.45, 2.75) is 13.1 Å². The van der Waals surface area contributed by atoms with E-state index in [0.29, 0.717) is 11.3 Å². The van der Waals surface area contributed by atoms with Crippen LogP contribution in [0.2, 0.25) is 0 Å². The number of carbonyl (C=O) groups is 2. The molecular formula is C20H19FN5O4+. The molecule has 9 nitrogen and oxygen atoms in total. The number of H-pyrrole nitrogens is 2. The summed E-state index contributed by atoms with van der Waals surface area (Å²) in [6.45, 7) is 0.204. The molecular weight excluding hydrogens is 393 g/mol. The highest BCUT2D eigenvalue weighted by molar-refractivity contribution is 6.00. The van der Waals surface area contributed by atoms with E-state index >= 15 is 0 Å². The fraction of sp³-hybridized carbons (Fsp3) is 0.150. The Labute approximate surface area is 170 Å². The molecule has 1 aromatic carbocycles. The van der Waals surface area contributed by atoms with E-state index in [4.69, 9.17) is 0 Å². The molecule has 0 spiro atoms. The normalized spacial score (nSPS) is 10.5. The zero-order valence-corrected chi connectivity index (χ0v) is 16.0. The van der Waals surface area contributed by atoms with Gasteiger partial charge >= 0.3 is 0 Å². The van der Waals surface area contributed by atoms with Gasteiger partial charge in [-0.3, -0.25) is 14.4 Å². The minimum atomic E-state index is -0.965. The Balaban J connectivity index is 1.77. The van der Waals surface area contributed by atoms with Crippen molar-refractivity contribution in [1.82, 2.24) is 20.2 Å². The van der Waals surface area contributed by atoms with Crippen molar-refractivity contribution in [3.63, 3.8) is 0 Å². The molecule has 0 unspecified atom stereocenters. The van der Waals surface area contributed by atoms with E-state index < -0.39 is 28.9 Å².